The Morgan fingerprint density at radius 2 is 1.87 bits per heavy atom. The summed E-state index contributed by atoms with van der Waals surface area (Å²) in [5, 5.41) is 0. The van der Waals surface area contributed by atoms with Crippen LogP contribution in [0, 0.1) is 0 Å². The van der Waals surface area contributed by atoms with Crippen molar-refractivity contribution >= 4 is 11.8 Å². The average Bonchev–Trinajstić information content (AvgIpc) is 2.57. The van der Waals surface area contributed by atoms with E-state index in [0.717, 1.165) is 36.3 Å². The van der Waals surface area contributed by atoms with Crippen LogP contribution in [-0.2, 0) is 11.3 Å². The van der Waals surface area contributed by atoms with Gasteiger partial charge in [-0.1, -0.05) is 12.1 Å². The molecule has 0 atom stereocenters. The van der Waals surface area contributed by atoms with Gasteiger partial charge in [-0.2, -0.15) is 0 Å². The number of carbonyl (C=O) groups excluding carboxylic acids is 1. The minimum atomic E-state index is -0.309. The number of methoxy groups -OCH3 is 1. The van der Waals surface area contributed by atoms with Crippen molar-refractivity contribution in [3.05, 3.63) is 54.4 Å². The zero-order valence-electron chi connectivity index (χ0n) is 13.1. The lowest BCUT2D eigenvalue weighted by molar-refractivity contribution is 0.0571. The fraction of sp³-hybridized carbons (Fsp3) is 0.333. The molecule has 0 radical (unpaired) electrons. The highest BCUT2D eigenvalue weighted by molar-refractivity contribution is 5.87. The second-order valence-electron chi connectivity index (χ2n) is 5.58. The summed E-state index contributed by atoms with van der Waals surface area (Å²) in [6.07, 6.45) is 6.14. The van der Waals surface area contributed by atoms with Crippen LogP contribution in [0.5, 0.6) is 5.75 Å². The molecule has 1 aliphatic rings. The molecule has 0 spiro atoms. The van der Waals surface area contributed by atoms with Crippen LogP contribution in [0.15, 0.2) is 48.8 Å². The number of rotatable bonds is 5. The van der Waals surface area contributed by atoms with Crippen LogP contribution in [-0.4, -0.2) is 24.3 Å². The van der Waals surface area contributed by atoms with E-state index in [1.165, 1.54) is 0 Å². The van der Waals surface area contributed by atoms with E-state index >= 15 is 0 Å². The molecular formula is C18H20N2O3. The van der Waals surface area contributed by atoms with Crippen molar-refractivity contribution in [1.29, 1.82) is 0 Å². The molecular weight excluding hydrogens is 292 g/mol. The molecule has 120 valence electrons. The molecule has 3 rings (SSSR count). The predicted molar refractivity (Wildman–Crippen MR) is 87.5 cm³/mol. The van der Waals surface area contributed by atoms with Crippen molar-refractivity contribution in [2.24, 2.45) is 0 Å². The van der Waals surface area contributed by atoms with E-state index in [4.69, 9.17) is 9.47 Å². The van der Waals surface area contributed by atoms with Crippen LogP contribution in [0.1, 0.15) is 24.8 Å². The predicted octanol–water partition coefficient (Wildman–Crippen LogP) is 3.79. The molecule has 1 aromatic carbocycles. The van der Waals surface area contributed by atoms with E-state index in [1.807, 2.05) is 36.4 Å². The number of hydrogen-bond acceptors (Lipinski definition) is 4. The molecule has 23 heavy (non-hydrogen) atoms. The Hall–Kier alpha value is -2.56. The van der Waals surface area contributed by atoms with Gasteiger partial charge in [0.1, 0.15) is 11.9 Å². The number of carbonyl (C=O) groups is 1. The van der Waals surface area contributed by atoms with Crippen molar-refractivity contribution in [2.75, 3.05) is 12.0 Å². The minimum absolute atomic E-state index is 0.0581. The van der Waals surface area contributed by atoms with Crippen LogP contribution < -0.4 is 9.64 Å². The summed E-state index contributed by atoms with van der Waals surface area (Å²) in [7, 11) is 1.63. The third-order valence-electron chi connectivity index (χ3n) is 4.01. The van der Waals surface area contributed by atoms with Gasteiger partial charge in [-0.15, -0.1) is 0 Å². The molecule has 0 N–H and O–H groups in total. The Kier molecular flexibility index (Phi) is 4.76. The number of aromatic nitrogens is 1. The number of pyridine rings is 1. The Labute approximate surface area is 135 Å². The van der Waals surface area contributed by atoms with E-state index in [9.17, 15) is 4.79 Å². The van der Waals surface area contributed by atoms with Crippen molar-refractivity contribution in [3.8, 4) is 5.75 Å². The van der Waals surface area contributed by atoms with E-state index in [2.05, 4.69) is 4.98 Å². The average molecular weight is 312 g/mol. The largest absolute Gasteiger partial charge is 0.497 e. The second-order valence-corrected chi connectivity index (χ2v) is 5.58. The second kappa shape index (κ2) is 7.13. The molecule has 0 saturated heterocycles. The van der Waals surface area contributed by atoms with Gasteiger partial charge in [0.25, 0.3) is 0 Å². The molecule has 1 amide bonds. The maximum Gasteiger partial charge on any atom is 0.414 e. The fourth-order valence-corrected chi connectivity index (χ4v) is 2.39. The number of nitrogens with zero attached hydrogens (tertiary/aromatic N) is 2. The summed E-state index contributed by atoms with van der Waals surface area (Å²) >= 11 is 0. The first-order chi connectivity index (χ1) is 11.3. The van der Waals surface area contributed by atoms with Crippen LogP contribution in [0.3, 0.4) is 0 Å². The third-order valence-corrected chi connectivity index (χ3v) is 4.01. The number of ether oxygens (including phenoxy) is 2. The molecule has 1 fully saturated rings. The van der Waals surface area contributed by atoms with Crippen LogP contribution in [0.2, 0.25) is 0 Å². The highest BCUT2D eigenvalue weighted by atomic mass is 16.6. The third kappa shape index (κ3) is 3.80. The number of anilines is 1. The van der Waals surface area contributed by atoms with Crippen molar-refractivity contribution in [3.63, 3.8) is 0 Å². The molecule has 1 aliphatic carbocycles. The highest BCUT2D eigenvalue weighted by Crippen LogP contribution is 2.25. The molecule has 1 heterocycles. The first kappa shape index (κ1) is 15.3. The molecule has 0 bridgehead atoms. The van der Waals surface area contributed by atoms with Gasteiger partial charge in [0.05, 0.1) is 19.3 Å². The number of benzene rings is 1. The van der Waals surface area contributed by atoms with E-state index < -0.39 is 0 Å². The summed E-state index contributed by atoms with van der Waals surface area (Å²) in [6, 6.07) is 11.3. The molecule has 0 aliphatic heterocycles. The van der Waals surface area contributed by atoms with E-state index in [0.29, 0.717) is 6.54 Å². The Morgan fingerprint density at radius 3 is 2.43 bits per heavy atom. The van der Waals surface area contributed by atoms with Gasteiger partial charge in [0, 0.05) is 12.4 Å². The molecule has 0 unspecified atom stereocenters. The highest BCUT2D eigenvalue weighted by Gasteiger charge is 2.26. The maximum absolute atomic E-state index is 12.5. The normalized spacial score (nSPS) is 14.0. The lowest BCUT2D eigenvalue weighted by Crippen LogP contribution is -2.36. The van der Waals surface area contributed by atoms with Crippen LogP contribution in [0.25, 0.3) is 0 Å². The first-order valence-electron chi connectivity index (χ1n) is 7.77. The molecule has 5 nitrogen and oxygen atoms in total. The number of hydrogen-bond donors (Lipinski definition) is 0. The summed E-state index contributed by atoms with van der Waals surface area (Å²) in [5.41, 5.74) is 1.79. The van der Waals surface area contributed by atoms with Crippen molar-refractivity contribution in [2.45, 2.75) is 31.9 Å². The molecule has 2 aromatic rings. The van der Waals surface area contributed by atoms with Crippen molar-refractivity contribution < 1.29 is 14.3 Å². The Balaban J connectivity index is 1.77. The molecule has 1 saturated carbocycles. The summed E-state index contributed by atoms with van der Waals surface area (Å²) in [4.78, 5) is 18.2. The Bertz CT molecular complexity index is 639. The van der Waals surface area contributed by atoms with Crippen LogP contribution >= 0.6 is 0 Å². The molecule has 5 heteroatoms. The van der Waals surface area contributed by atoms with Gasteiger partial charge >= 0.3 is 6.09 Å². The van der Waals surface area contributed by atoms with Crippen LogP contribution in [0.4, 0.5) is 10.5 Å². The van der Waals surface area contributed by atoms with Gasteiger partial charge in [-0.05, 0) is 49.1 Å². The van der Waals surface area contributed by atoms with Crippen molar-refractivity contribution in [1.82, 2.24) is 4.98 Å². The monoisotopic (exact) mass is 312 g/mol. The summed E-state index contributed by atoms with van der Waals surface area (Å²) in [6.45, 7) is 0.444. The van der Waals surface area contributed by atoms with Gasteiger partial charge in [-0.3, -0.25) is 9.88 Å². The van der Waals surface area contributed by atoms with Gasteiger partial charge in [-0.25, -0.2) is 4.79 Å². The summed E-state index contributed by atoms with van der Waals surface area (Å²) in [5.74, 6) is 0.793. The SMILES string of the molecule is COc1ccc(CN(C(=O)OC2CCC2)c2ccncc2)cc1. The zero-order chi connectivity index (χ0) is 16.1. The minimum Gasteiger partial charge on any atom is -0.497 e. The molecule has 1 aromatic heterocycles. The quantitative estimate of drug-likeness (QED) is 0.843. The fourth-order valence-electron chi connectivity index (χ4n) is 2.39. The zero-order valence-corrected chi connectivity index (χ0v) is 13.1. The lowest BCUT2D eigenvalue weighted by Gasteiger charge is -2.29. The standard InChI is InChI=1S/C18H20N2O3/c1-22-16-7-5-14(6-8-16)13-20(15-9-11-19-12-10-15)18(21)23-17-3-2-4-17/h5-12,17H,2-4,13H2,1H3. The van der Waals surface area contributed by atoms with Gasteiger partial charge in [0.15, 0.2) is 0 Å². The topological polar surface area (TPSA) is 51.7 Å². The first-order valence-corrected chi connectivity index (χ1v) is 7.77. The smallest absolute Gasteiger partial charge is 0.414 e. The maximum atomic E-state index is 12.5. The van der Waals surface area contributed by atoms with E-state index in [-0.39, 0.29) is 12.2 Å². The lowest BCUT2D eigenvalue weighted by atomic mass is 9.96. The number of amides is 1. The summed E-state index contributed by atoms with van der Waals surface area (Å²) < 4.78 is 10.7. The van der Waals surface area contributed by atoms with Gasteiger partial charge < -0.3 is 9.47 Å². The van der Waals surface area contributed by atoms with Gasteiger partial charge in [0.2, 0.25) is 0 Å². The Morgan fingerprint density at radius 1 is 1.17 bits per heavy atom. The van der Waals surface area contributed by atoms with E-state index in [1.54, 1.807) is 24.4 Å².